The predicted molar refractivity (Wildman–Crippen MR) is 124 cm³/mol. The second-order valence-electron chi connectivity index (χ2n) is 7.47. The van der Waals surface area contributed by atoms with Crippen LogP contribution in [0.2, 0.25) is 0 Å². The summed E-state index contributed by atoms with van der Waals surface area (Å²) in [4.78, 5) is 16.6. The third-order valence-electron chi connectivity index (χ3n) is 5.44. The summed E-state index contributed by atoms with van der Waals surface area (Å²) in [6.07, 6.45) is 5.92. The second-order valence-corrected chi connectivity index (χ2v) is 7.47. The molecule has 0 spiro atoms. The predicted octanol–water partition coefficient (Wildman–Crippen LogP) is 6.46. The number of hydrogen-bond acceptors (Lipinski definition) is 2. The molecule has 0 amide bonds. The molecule has 4 nitrogen and oxygen atoms in total. The van der Waals surface area contributed by atoms with E-state index in [0.717, 1.165) is 61.5 Å². The number of aromatic amines is 2. The minimum atomic E-state index is 0.899. The van der Waals surface area contributed by atoms with Crippen LogP contribution < -0.4 is 0 Å². The molecule has 0 radical (unpaired) electrons. The van der Waals surface area contributed by atoms with Gasteiger partial charge in [-0.05, 0) is 60.2 Å². The Kier molecular flexibility index (Phi) is 3.59. The van der Waals surface area contributed by atoms with Gasteiger partial charge in [-0.1, -0.05) is 36.9 Å². The van der Waals surface area contributed by atoms with Crippen molar-refractivity contribution < 1.29 is 0 Å². The molecule has 0 unspecified atom stereocenters. The molecule has 0 fully saturated rings. The molecular formula is C26H18N4. The van der Waals surface area contributed by atoms with Gasteiger partial charge in [0.05, 0.1) is 22.8 Å². The van der Waals surface area contributed by atoms with Crippen molar-refractivity contribution in [3.63, 3.8) is 0 Å². The molecule has 8 bridgehead atoms. The summed E-state index contributed by atoms with van der Waals surface area (Å²) in [6, 6.07) is 22.8. The van der Waals surface area contributed by atoms with Crippen LogP contribution >= 0.6 is 0 Å². The molecule has 0 saturated carbocycles. The van der Waals surface area contributed by atoms with Crippen molar-refractivity contribution in [1.82, 2.24) is 19.9 Å². The molecule has 0 atom stereocenters. The maximum absolute atomic E-state index is 4.94. The quantitative estimate of drug-likeness (QED) is 0.341. The summed E-state index contributed by atoms with van der Waals surface area (Å²) in [6.45, 7) is 3.98. The first-order valence-electron chi connectivity index (χ1n) is 9.88. The van der Waals surface area contributed by atoms with Crippen LogP contribution in [0.5, 0.6) is 0 Å². The summed E-state index contributed by atoms with van der Waals surface area (Å²) in [7, 11) is 0. The molecule has 3 aromatic heterocycles. The maximum Gasteiger partial charge on any atom is 0.0737 e. The van der Waals surface area contributed by atoms with Gasteiger partial charge in [0.25, 0.3) is 0 Å². The fourth-order valence-electron chi connectivity index (χ4n) is 4.03. The van der Waals surface area contributed by atoms with Gasteiger partial charge in [-0.3, -0.25) is 0 Å². The third-order valence-corrected chi connectivity index (χ3v) is 5.44. The Morgan fingerprint density at radius 3 is 2.13 bits per heavy atom. The molecule has 4 aromatic rings. The Bertz CT molecular complexity index is 1520. The molecule has 1 aromatic carbocycles. The average molecular weight is 386 g/mol. The van der Waals surface area contributed by atoms with Crippen LogP contribution in [0.3, 0.4) is 0 Å². The van der Waals surface area contributed by atoms with Crippen LogP contribution in [-0.2, 0) is 0 Å². The standard InChI is InChI=1S/C26H18N4/c1-2-16-11-21-13-19-8-7-17(27-19)12-18-9-10-20(28-18)14-25-22-5-3-4-6-23(22)26(30-25)15-24(16)29-21/h2-15,27,29H,1H2. The minimum Gasteiger partial charge on any atom is -0.355 e. The van der Waals surface area contributed by atoms with E-state index in [9.17, 15) is 0 Å². The smallest absolute Gasteiger partial charge is 0.0737 e. The van der Waals surface area contributed by atoms with Crippen LogP contribution in [0.1, 0.15) is 17.0 Å². The second kappa shape index (κ2) is 6.42. The topological polar surface area (TPSA) is 57.4 Å². The summed E-state index contributed by atoms with van der Waals surface area (Å²) in [5.41, 5.74) is 11.0. The molecule has 2 aliphatic rings. The fourth-order valence-corrected chi connectivity index (χ4v) is 4.03. The normalized spacial score (nSPS) is 12.0. The lowest BCUT2D eigenvalue weighted by molar-refractivity contribution is 1.31. The number of nitrogens with zero attached hydrogens (tertiary/aromatic N) is 2. The van der Waals surface area contributed by atoms with Gasteiger partial charge >= 0.3 is 0 Å². The van der Waals surface area contributed by atoms with Crippen molar-refractivity contribution >= 4 is 40.3 Å². The Hall–Kier alpha value is -4.18. The Morgan fingerprint density at radius 2 is 1.37 bits per heavy atom. The van der Waals surface area contributed by atoms with E-state index in [-0.39, 0.29) is 0 Å². The lowest BCUT2D eigenvalue weighted by Crippen LogP contribution is -1.77. The molecule has 30 heavy (non-hydrogen) atoms. The van der Waals surface area contributed by atoms with Crippen molar-refractivity contribution in [3.05, 3.63) is 90.3 Å². The summed E-state index contributed by atoms with van der Waals surface area (Å²) in [5.74, 6) is 0. The molecular weight excluding hydrogens is 368 g/mol. The van der Waals surface area contributed by atoms with E-state index in [0.29, 0.717) is 0 Å². The highest BCUT2D eigenvalue weighted by Crippen LogP contribution is 2.36. The van der Waals surface area contributed by atoms with E-state index in [1.807, 2.05) is 42.5 Å². The molecule has 4 heteroatoms. The van der Waals surface area contributed by atoms with Gasteiger partial charge in [0, 0.05) is 33.2 Å². The number of H-pyrrole nitrogens is 2. The van der Waals surface area contributed by atoms with Gasteiger partial charge in [-0.2, -0.15) is 0 Å². The fraction of sp³-hybridized carbons (Fsp3) is 0. The van der Waals surface area contributed by atoms with E-state index < -0.39 is 0 Å². The highest BCUT2D eigenvalue weighted by Gasteiger charge is 2.16. The van der Waals surface area contributed by atoms with Crippen molar-refractivity contribution in [2.24, 2.45) is 0 Å². The van der Waals surface area contributed by atoms with Crippen molar-refractivity contribution in [2.75, 3.05) is 0 Å². The lowest BCUT2D eigenvalue weighted by atomic mass is 10.0. The molecule has 2 N–H and O–H groups in total. The van der Waals surface area contributed by atoms with Gasteiger partial charge in [-0.15, -0.1) is 0 Å². The van der Waals surface area contributed by atoms with Gasteiger partial charge in [-0.25, -0.2) is 9.97 Å². The van der Waals surface area contributed by atoms with E-state index in [1.54, 1.807) is 0 Å². The van der Waals surface area contributed by atoms with Gasteiger partial charge in [0.15, 0.2) is 0 Å². The highest BCUT2D eigenvalue weighted by molar-refractivity contribution is 5.88. The van der Waals surface area contributed by atoms with E-state index in [1.165, 1.54) is 0 Å². The number of rotatable bonds is 1. The van der Waals surface area contributed by atoms with Crippen molar-refractivity contribution in [2.45, 2.75) is 0 Å². The van der Waals surface area contributed by atoms with E-state index in [4.69, 9.17) is 9.97 Å². The number of benzene rings is 1. The average Bonchev–Trinajstić information content (AvgIpc) is 3.52. The van der Waals surface area contributed by atoms with Crippen LogP contribution in [0.4, 0.5) is 0 Å². The number of nitrogens with one attached hydrogen (secondary N) is 2. The van der Waals surface area contributed by atoms with E-state index in [2.05, 4.69) is 59.0 Å². The molecule has 2 aliphatic heterocycles. The maximum atomic E-state index is 4.94. The monoisotopic (exact) mass is 386 g/mol. The first-order valence-corrected chi connectivity index (χ1v) is 9.88. The Morgan fingerprint density at radius 1 is 0.667 bits per heavy atom. The number of hydrogen-bond donors (Lipinski definition) is 2. The van der Waals surface area contributed by atoms with Gasteiger partial charge in [0.1, 0.15) is 0 Å². The molecule has 0 aliphatic carbocycles. The van der Waals surface area contributed by atoms with Gasteiger partial charge in [0.2, 0.25) is 0 Å². The third kappa shape index (κ3) is 2.78. The largest absolute Gasteiger partial charge is 0.355 e. The number of aromatic nitrogens is 4. The molecule has 5 heterocycles. The van der Waals surface area contributed by atoms with E-state index >= 15 is 0 Å². The zero-order valence-electron chi connectivity index (χ0n) is 16.2. The lowest BCUT2D eigenvalue weighted by Gasteiger charge is -1.97. The molecule has 142 valence electrons. The van der Waals surface area contributed by atoms with Crippen molar-refractivity contribution in [3.8, 4) is 22.5 Å². The minimum absolute atomic E-state index is 0.899. The number of fused-ring (bicyclic) bond motifs is 11. The molecule has 6 rings (SSSR count). The van der Waals surface area contributed by atoms with Gasteiger partial charge < -0.3 is 9.97 Å². The first kappa shape index (κ1) is 16.7. The highest BCUT2D eigenvalue weighted by atomic mass is 14.8. The zero-order chi connectivity index (χ0) is 20.1. The first-order chi connectivity index (χ1) is 14.7. The van der Waals surface area contributed by atoms with Crippen LogP contribution in [0, 0.1) is 0 Å². The molecule has 0 saturated heterocycles. The summed E-state index contributed by atoms with van der Waals surface area (Å²) in [5, 5.41) is 0. The summed E-state index contributed by atoms with van der Waals surface area (Å²) >= 11 is 0. The SMILES string of the molecule is C=Cc1cc2cc3ccc(cc4nc(cc5nc(cc1[nH]2)-c1ccccc1-5)C=C4)[nH]3. The van der Waals surface area contributed by atoms with Crippen LogP contribution in [0.25, 0.3) is 62.8 Å². The Balaban J connectivity index is 1.75. The van der Waals surface area contributed by atoms with Crippen LogP contribution in [0.15, 0.2) is 73.3 Å². The zero-order valence-corrected chi connectivity index (χ0v) is 16.2. The Labute approximate surface area is 173 Å². The summed E-state index contributed by atoms with van der Waals surface area (Å²) < 4.78 is 0. The van der Waals surface area contributed by atoms with Crippen molar-refractivity contribution in [1.29, 1.82) is 0 Å². The van der Waals surface area contributed by atoms with Crippen LogP contribution in [-0.4, -0.2) is 19.9 Å².